The first-order valence-corrected chi connectivity index (χ1v) is 10.5. The number of hydrogen-bond acceptors (Lipinski definition) is 5. The van der Waals surface area contributed by atoms with Crippen LogP contribution in [0.15, 0.2) is 65.2 Å². The largest absolute Gasteiger partial charge is 0.369 e. The van der Waals surface area contributed by atoms with Crippen LogP contribution < -0.4 is 5.73 Å². The fraction of sp³-hybridized carbons (Fsp3) is 0.208. The van der Waals surface area contributed by atoms with Crippen molar-refractivity contribution in [2.45, 2.75) is 32.4 Å². The lowest BCUT2D eigenvalue weighted by Gasteiger charge is -2.34. The van der Waals surface area contributed by atoms with Gasteiger partial charge in [-0.1, -0.05) is 18.1 Å². The lowest BCUT2D eigenvalue weighted by Crippen LogP contribution is -2.49. The maximum atomic E-state index is 12.9. The highest BCUT2D eigenvalue weighted by atomic mass is 32.1. The van der Waals surface area contributed by atoms with E-state index in [0.29, 0.717) is 6.54 Å². The average molecular weight is 415 g/mol. The predicted molar refractivity (Wildman–Crippen MR) is 121 cm³/mol. The number of aromatic nitrogens is 1. The molecule has 150 valence electrons. The van der Waals surface area contributed by atoms with Crippen LogP contribution in [0.5, 0.6) is 0 Å². The number of amides is 1. The van der Waals surface area contributed by atoms with Crippen molar-refractivity contribution in [3.8, 4) is 23.0 Å². The number of guanidine groups is 1. The van der Waals surface area contributed by atoms with Gasteiger partial charge in [-0.3, -0.25) is 14.7 Å². The molecule has 3 heterocycles. The van der Waals surface area contributed by atoms with Gasteiger partial charge in [0.2, 0.25) is 5.91 Å². The molecule has 0 spiro atoms. The number of hydrogen-bond donors (Lipinski definition) is 1. The summed E-state index contributed by atoms with van der Waals surface area (Å²) in [6, 6.07) is 14.0. The Morgan fingerprint density at radius 2 is 2.00 bits per heavy atom. The highest BCUT2D eigenvalue weighted by Crippen LogP contribution is 2.39. The Morgan fingerprint density at radius 1 is 1.20 bits per heavy atom. The Bertz CT molecular complexity index is 1170. The Morgan fingerprint density at radius 3 is 2.73 bits per heavy atom. The zero-order valence-electron chi connectivity index (χ0n) is 16.9. The first-order valence-electron chi connectivity index (χ1n) is 9.65. The van der Waals surface area contributed by atoms with Crippen LogP contribution in [-0.2, 0) is 16.9 Å². The van der Waals surface area contributed by atoms with Gasteiger partial charge in [0.1, 0.15) is 5.54 Å². The third-order valence-corrected chi connectivity index (χ3v) is 6.30. The third kappa shape index (κ3) is 3.98. The summed E-state index contributed by atoms with van der Waals surface area (Å²) in [6.45, 7) is 4.19. The molecule has 4 rings (SSSR count). The van der Waals surface area contributed by atoms with Crippen molar-refractivity contribution in [1.82, 2.24) is 9.88 Å². The van der Waals surface area contributed by atoms with Crippen LogP contribution in [0.1, 0.15) is 36.3 Å². The number of benzene rings is 1. The van der Waals surface area contributed by atoms with E-state index in [2.05, 4.69) is 40.4 Å². The number of thiophene rings is 1. The van der Waals surface area contributed by atoms with Gasteiger partial charge in [-0.25, -0.2) is 4.99 Å². The van der Waals surface area contributed by atoms with Crippen LogP contribution in [0.25, 0.3) is 11.1 Å². The molecule has 0 unspecified atom stereocenters. The molecule has 1 aliphatic rings. The molecule has 2 N–H and O–H groups in total. The van der Waals surface area contributed by atoms with Gasteiger partial charge in [0, 0.05) is 22.8 Å². The van der Waals surface area contributed by atoms with E-state index in [-0.39, 0.29) is 18.3 Å². The van der Waals surface area contributed by atoms with E-state index < -0.39 is 5.54 Å². The minimum Gasteiger partial charge on any atom is -0.369 e. The van der Waals surface area contributed by atoms with E-state index in [1.165, 1.54) is 0 Å². The minimum atomic E-state index is -0.667. The van der Waals surface area contributed by atoms with E-state index >= 15 is 0 Å². The molecule has 0 fully saturated rings. The van der Waals surface area contributed by atoms with Crippen molar-refractivity contribution in [3.63, 3.8) is 0 Å². The number of nitrogens with zero attached hydrogens (tertiary/aromatic N) is 3. The van der Waals surface area contributed by atoms with E-state index in [0.717, 1.165) is 27.1 Å². The summed E-state index contributed by atoms with van der Waals surface area (Å²) in [5.41, 5.74) is 9.70. The van der Waals surface area contributed by atoms with Crippen molar-refractivity contribution in [2.75, 3.05) is 0 Å². The Labute approximate surface area is 180 Å². The molecule has 1 aromatic carbocycles. The second kappa shape index (κ2) is 8.13. The molecule has 1 amide bonds. The summed E-state index contributed by atoms with van der Waals surface area (Å²) >= 11 is 1.60. The zero-order chi connectivity index (χ0) is 21.1. The van der Waals surface area contributed by atoms with E-state index in [9.17, 15) is 4.79 Å². The first kappa shape index (κ1) is 19.9. The number of carbonyl (C=O) groups is 1. The molecule has 3 aromatic rings. The monoisotopic (exact) mass is 414 g/mol. The first-order chi connectivity index (χ1) is 14.5. The molecule has 0 saturated carbocycles. The van der Waals surface area contributed by atoms with Crippen LogP contribution in [-0.4, -0.2) is 21.8 Å². The van der Waals surface area contributed by atoms with E-state index in [4.69, 9.17) is 10.7 Å². The quantitative estimate of drug-likeness (QED) is 0.652. The lowest BCUT2D eigenvalue weighted by atomic mass is 9.93. The highest BCUT2D eigenvalue weighted by molar-refractivity contribution is 7.10. The molecule has 0 radical (unpaired) electrons. The lowest BCUT2D eigenvalue weighted by molar-refractivity contribution is -0.130. The second-order valence-electron chi connectivity index (χ2n) is 7.41. The smallest absolute Gasteiger partial charge is 0.232 e. The Kier molecular flexibility index (Phi) is 5.39. The average Bonchev–Trinajstić information content (AvgIpc) is 3.23. The molecule has 1 aliphatic heterocycles. The summed E-state index contributed by atoms with van der Waals surface area (Å²) < 4.78 is 0. The fourth-order valence-electron chi connectivity index (χ4n) is 3.54. The van der Waals surface area contributed by atoms with E-state index in [1.54, 1.807) is 28.6 Å². The molecule has 1 atom stereocenters. The van der Waals surface area contributed by atoms with Crippen LogP contribution in [0, 0.1) is 11.8 Å². The highest BCUT2D eigenvalue weighted by Gasteiger charge is 2.38. The number of rotatable bonds is 4. The summed E-state index contributed by atoms with van der Waals surface area (Å²) in [5, 5.41) is 2.10. The summed E-state index contributed by atoms with van der Waals surface area (Å²) in [4.78, 5) is 24.2. The van der Waals surface area contributed by atoms with Gasteiger partial charge in [-0.05, 0) is 66.2 Å². The number of pyridine rings is 1. The summed E-state index contributed by atoms with van der Waals surface area (Å²) in [5.74, 6) is 6.24. The summed E-state index contributed by atoms with van der Waals surface area (Å²) in [6.07, 6.45) is 3.69. The molecule has 0 aliphatic carbocycles. The van der Waals surface area contributed by atoms with Gasteiger partial charge < -0.3 is 5.73 Å². The van der Waals surface area contributed by atoms with Crippen LogP contribution >= 0.6 is 11.3 Å². The minimum absolute atomic E-state index is 0.0306. The van der Waals surface area contributed by atoms with Crippen molar-refractivity contribution >= 4 is 23.2 Å². The maximum absolute atomic E-state index is 12.9. The number of carbonyl (C=O) groups excluding carboxylic acids is 1. The predicted octanol–water partition coefficient (Wildman–Crippen LogP) is 4.14. The molecular weight excluding hydrogens is 392 g/mol. The van der Waals surface area contributed by atoms with Crippen molar-refractivity contribution in [2.24, 2.45) is 10.7 Å². The fourth-order valence-corrected chi connectivity index (χ4v) is 4.57. The second-order valence-corrected chi connectivity index (χ2v) is 8.32. The molecular formula is C24H22N4OS. The van der Waals surface area contributed by atoms with Crippen LogP contribution in [0.3, 0.4) is 0 Å². The van der Waals surface area contributed by atoms with E-state index in [1.807, 2.05) is 38.1 Å². The molecule has 5 nitrogen and oxygen atoms in total. The molecule has 0 bridgehead atoms. The Balaban J connectivity index is 1.61. The number of nitrogens with two attached hydrogens (primary N) is 1. The van der Waals surface area contributed by atoms with Crippen molar-refractivity contribution in [1.29, 1.82) is 0 Å². The zero-order valence-corrected chi connectivity index (χ0v) is 17.7. The maximum Gasteiger partial charge on any atom is 0.232 e. The SMILES string of the molecule is CC#Cc1cccc(-c2csc([C@]3(C)CC(=O)N(Cc4ccncc4)C(N)=N3)c2)c1. The molecule has 30 heavy (non-hydrogen) atoms. The van der Waals surface area contributed by atoms with Crippen molar-refractivity contribution < 1.29 is 4.79 Å². The standard InChI is InChI=1S/C24H22N4OS/c1-3-5-17-6-4-7-19(12-17)20-13-21(30-16-20)24(2)14-22(29)28(23(25)27-24)15-18-8-10-26-11-9-18/h4,6-13,16H,14-15H2,1-2H3,(H2,25,27)/t24-/m0/s1. The normalized spacial score (nSPS) is 18.5. The van der Waals surface area contributed by atoms with Gasteiger partial charge >= 0.3 is 0 Å². The van der Waals surface area contributed by atoms with Gasteiger partial charge in [-0.15, -0.1) is 17.3 Å². The Hall–Kier alpha value is -3.43. The third-order valence-electron chi connectivity index (χ3n) is 5.12. The molecule has 2 aromatic heterocycles. The van der Waals surface area contributed by atoms with Gasteiger partial charge in [0.15, 0.2) is 5.96 Å². The summed E-state index contributed by atoms with van der Waals surface area (Å²) in [7, 11) is 0. The van der Waals surface area contributed by atoms with Gasteiger partial charge in [-0.2, -0.15) is 0 Å². The van der Waals surface area contributed by atoms with Crippen LogP contribution in [0.2, 0.25) is 0 Å². The molecule has 6 heteroatoms. The van der Waals surface area contributed by atoms with Crippen LogP contribution in [0.4, 0.5) is 0 Å². The topological polar surface area (TPSA) is 71.6 Å². The number of aliphatic imine (C=N–C) groups is 1. The molecule has 0 saturated heterocycles. The van der Waals surface area contributed by atoms with Gasteiger partial charge in [0.25, 0.3) is 0 Å². The van der Waals surface area contributed by atoms with Crippen molar-refractivity contribution in [3.05, 3.63) is 76.2 Å². The van der Waals surface area contributed by atoms with Gasteiger partial charge in [0.05, 0.1) is 13.0 Å².